The normalized spacial score (nSPS) is 18.7. The molecule has 2 aliphatic rings. The number of benzene rings is 1. The number of morpholine rings is 1. The largest absolute Gasteiger partial charge is 0.433 e. The second-order valence-electron chi connectivity index (χ2n) is 9.58. The molecular weight excluding hydrogens is 478 g/mol. The van der Waals surface area contributed by atoms with Gasteiger partial charge >= 0.3 is 6.11 Å². The van der Waals surface area contributed by atoms with Gasteiger partial charge in [0.2, 0.25) is 5.95 Å². The smallest absolute Gasteiger partial charge is 0.394 e. The first kappa shape index (κ1) is 25.1. The van der Waals surface area contributed by atoms with Crippen molar-refractivity contribution in [1.29, 1.82) is 0 Å². The third-order valence-electron chi connectivity index (χ3n) is 6.62. The minimum Gasteiger partial charge on any atom is -0.433 e. The molecule has 3 aromatic rings. The maximum Gasteiger partial charge on any atom is 0.394 e. The van der Waals surface area contributed by atoms with E-state index in [0.717, 1.165) is 43.8 Å². The molecule has 37 heavy (non-hydrogen) atoms. The number of rotatable bonds is 6. The summed E-state index contributed by atoms with van der Waals surface area (Å²) >= 11 is 0. The molecule has 2 saturated heterocycles. The van der Waals surface area contributed by atoms with E-state index >= 15 is 0 Å². The van der Waals surface area contributed by atoms with Crippen LogP contribution in [0, 0.1) is 6.92 Å². The summed E-state index contributed by atoms with van der Waals surface area (Å²) in [4.78, 5) is 21.1. The first-order valence-electron chi connectivity index (χ1n) is 12.6. The molecule has 0 amide bonds. The van der Waals surface area contributed by atoms with Crippen LogP contribution in [0.5, 0.6) is 5.75 Å². The number of pyridine rings is 1. The number of aromatic nitrogens is 3. The Morgan fingerprint density at radius 3 is 2.54 bits per heavy atom. The molecule has 5 rings (SSSR count). The van der Waals surface area contributed by atoms with Gasteiger partial charge in [-0.25, -0.2) is 9.97 Å². The molecule has 196 valence electrons. The Labute approximate surface area is 215 Å². The highest BCUT2D eigenvalue weighted by molar-refractivity contribution is 5.67. The predicted octanol–water partition coefficient (Wildman–Crippen LogP) is 4.39. The summed E-state index contributed by atoms with van der Waals surface area (Å²) in [5, 5.41) is 0. The molecule has 1 atom stereocenters. The Kier molecular flexibility index (Phi) is 7.10. The summed E-state index contributed by atoms with van der Waals surface area (Å²) in [7, 11) is 0. The van der Waals surface area contributed by atoms with E-state index in [1.807, 2.05) is 24.4 Å². The summed E-state index contributed by atoms with van der Waals surface area (Å²) in [5.74, 6) is 2.52. The highest BCUT2D eigenvalue weighted by Crippen LogP contribution is 2.31. The zero-order valence-corrected chi connectivity index (χ0v) is 21.4. The molecule has 2 aromatic heterocycles. The minimum absolute atomic E-state index is 0.0887. The molecule has 0 unspecified atom stereocenters. The van der Waals surface area contributed by atoms with Crippen molar-refractivity contribution in [3.05, 3.63) is 54.2 Å². The molecular formula is C27H32F2N6O2. The van der Waals surface area contributed by atoms with Gasteiger partial charge in [-0.15, -0.1) is 0 Å². The van der Waals surface area contributed by atoms with Gasteiger partial charge in [0.25, 0.3) is 0 Å². The van der Waals surface area contributed by atoms with Crippen LogP contribution in [0.2, 0.25) is 0 Å². The van der Waals surface area contributed by atoms with Crippen molar-refractivity contribution in [2.24, 2.45) is 0 Å². The molecule has 0 radical (unpaired) electrons. The number of nitrogens with zero attached hydrogens (tertiary/aromatic N) is 6. The highest BCUT2D eigenvalue weighted by atomic mass is 19.3. The fraction of sp³-hybridized carbons (Fsp3) is 0.444. The summed E-state index contributed by atoms with van der Waals surface area (Å²) in [6.45, 7) is 9.96. The van der Waals surface area contributed by atoms with Crippen LogP contribution in [0.4, 0.5) is 26.4 Å². The van der Waals surface area contributed by atoms with Gasteiger partial charge in [-0.3, -0.25) is 0 Å². The monoisotopic (exact) mass is 510 g/mol. The van der Waals surface area contributed by atoms with E-state index in [9.17, 15) is 8.78 Å². The highest BCUT2D eigenvalue weighted by Gasteiger charge is 2.28. The van der Waals surface area contributed by atoms with Crippen molar-refractivity contribution in [3.8, 4) is 17.0 Å². The van der Waals surface area contributed by atoms with E-state index in [-0.39, 0.29) is 11.8 Å². The average Bonchev–Trinajstić information content (AvgIpc) is 2.88. The number of hydrogen-bond donors (Lipinski definition) is 0. The molecule has 1 aromatic carbocycles. The number of piperazine rings is 1. The minimum atomic E-state index is -3.27. The van der Waals surface area contributed by atoms with Crippen LogP contribution >= 0.6 is 0 Å². The molecule has 2 aliphatic heterocycles. The summed E-state index contributed by atoms with van der Waals surface area (Å²) < 4.78 is 37.3. The van der Waals surface area contributed by atoms with Crippen molar-refractivity contribution < 1.29 is 18.3 Å². The lowest BCUT2D eigenvalue weighted by atomic mass is 10.1. The lowest BCUT2D eigenvalue weighted by Gasteiger charge is -2.41. The quantitative estimate of drug-likeness (QED) is 0.484. The molecule has 10 heteroatoms. The zero-order valence-electron chi connectivity index (χ0n) is 21.4. The lowest BCUT2D eigenvalue weighted by molar-refractivity contribution is -0.158. The predicted molar refractivity (Wildman–Crippen MR) is 140 cm³/mol. The van der Waals surface area contributed by atoms with Gasteiger partial charge in [-0.2, -0.15) is 13.8 Å². The van der Waals surface area contributed by atoms with Crippen LogP contribution in [0.1, 0.15) is 19.4 Å². The van der Waals surface area contributed by atoms with Gasteiger partial charge in [0, 0.05) is 63.5 Å². The number of hydrogen-bond acceptors (Lipinski definition) is 8. The van der Waals surface area contributed by atoms with Crippen LogP contribution < -0.4 is 19.4 Å². The molecule has 0 saturated carbocycles. The Morgan fingerprint density at radius 1 is 1.00 bits per heavy atom. The lowest BCUT2D eigenvalue weighted by Crippen LogP contribution is -2.53. The summed E-state index contributed by atoms with van der Waals surface area (Å²) in [6.07, 6.45) is -1.44. The van der Waals surface area contributed by atoms with Crippen LogP contribution in [0.15, 0.2) is 48.7 Å². The van der Waals surface area contributed by atoms with E-state index in [0.29, 0.717) is 43.5 Å². The molecule has 2 fully saturated rings. The van der Waals surface area contributed by atoms with Gasteiger partial charge in [0.15, 0.2) is 0 Å². The van der Waals surface area contributed by atoms with Crippen LogP contribution in [0.25, 0.3) is 11.3 Å². The summed E-state index contributed by atoms with van der Waals surface area (Å²) in [6, 6.07) is 12.8. The van der Waals surface area contributed by atoms with Crippen LogP contribution in [0.3, 0.4) is 0 Å². The SMILES string of the molecule is Cc1cccnc1N1CCN(c2cc(-c3cccc(OC(C)(F)F)c3)nc(N3CCOCC3)n2)[C@H](C)C1. The molecule has 8 nitrogen and oxygen atoms in total. The van der Waals surface area contributed by atoms with E-state index in [1.165, 1.54) is 6.07 Å². The fourth-order valence-electron chi connectivity index (χ4n) is 4.85. The molecule has 0 aliphatic carbocycles. The van der Waals surface area contributed by atoms with Gasteiger partial charge in [-0.05, 0) is 37.6 Å². The summed E-state index contributed by atoms with van der Waals surface area (Å²) in [5.41, 5.74) is 2.50. The molecule has 0 bridgehead atoms. The first-order chi connectivity index (χ1) is 17.8. The number of ether oxygens (including phenoxy) is 2. The average molecular weight is 511 g/mol. The number of anilines is 3. The van der Waals surface area contributed by atoms with Crippen molar-refractivity contribution >= 4 is 17.6 Å². The van der Waals surface area contributed by atoms with Crippen molar-refractivity contribution in [2.75, 3.05) is 60.6 Å². The van der Waals surface area contributed by atoms with Crippen molar-refractivity contribution in [1.82, 2.24) is 15.0 Å². The standard InChI is InChI=1S/C27H32F2N6O2/c1-19-6-5-9-30-25(19)34-10-11-35(20(2)18-34)24-17-23(31-26(32-24)33-12-14-36-15-13-33)21-7-4-8-22(16-21)37-27(3,28)29/h4-9,16-17,20H,10-15,18H2,1-3H3/t20-/m1/s1. The topological polar surface area (TPSA) is 66.9 Å². The molecule has 0 N–H and O–H groups in total. The van der Waals surface area contributed by atoms with E-state index < -0.39 is 6.11 Å². The van der Waals surface area contributed by atoms with Gasteiger partial charge in [0.1, 0.15) is 17.4 Å². The van der Waals surface area contributed by atoms with Crippen molar-refractivity contribution in [3.63, 3.8) is 0 Å². The fourth-order valence-corrected chi connectivity index (χ4v) is 4.85. The molecule has 4 heterocycles. The van der Waals surface area contributed by atoms with Crippen LogP contribution in [-0.4, -0.2) is 73.0 Å². The maximum atomic E-state index is 13.5. The second kappa shape index (κ2) is 10.5. The number of alkyl halides is 2. The first-order valence-corrected chi connectivity index (χ1v) is 12.6. The van der Waals surface area contributed by atoms with Gasteiger partial charge < -0.3 is 24.2 Å². The van der Waals surface area contributed by atoms with E-state index in [4.69, 9.17) is 19.4 Å². The Balaban J connectivity index is 1.47. The third kappa shape index (κ3) is 5.90. The maximum absolute atomic E-state index is 13.5. The Morgan fingerprint density at radius 2 is 1.81 bits per heavy atom. The van der Waals surface area contributed by atoms with Crippen molar-refractivity contribution in [2.45, 2.75) is 32.9 Å². The van der Waals surface area contributed by atoms with Gasteiger partial charge in [-0.1, -0.05) is 18.2 Å². The zero-order chi connectivity index (χ0) is 26.0. The number of halogens is 2. The van der Waals surface area contributed by atoms with E-state index in [1.54, 1.807) is 12.1 Å². The Bertz CT molecular complexity index is 1230. The number of aryl methyl sites for hydroxylation is 1. The molecule has 0 spiro atoms. The van der Waals surface area contributed by atoms with Gasteiger partial charge in [0.05, 0.1) is 18.9 Å². The van der Waals surface area contributed by atoms with Crippen LogP contribution in [-0.2, 0) is 4.74 Å². The second-order valence-corrected chi connectivity index (χ2v) is 9.58. The van der Waals surface area contributed by atoms with E-state index in [2.05, 4.69) is 39.6 Å². The third-order valence-corrected chi connectivity index (χ3v) is 6.62. The Hall–Kier alpha value is -3.53.